The molecule has 0 unspecified atom stereocenters. The van der Waals surface area contributed by atoms with Crippen molar-refractivity contribution < 1.29 is 4.52 Å². The van der Waals surface area contributed by atoms with Gasteiger partial charge in [0.2, 0.25) is 11.8 Å². The lowest BCUT2D eigenvalue weighted by atomic mass is 10.4. The molecule has 0 amide bonds. The van der Waals surface area contributed by atoms with Gasteiger partial charge in [0.1, 0.15) is 5.82 Å². The molecule has 0 saturated heterocycles. The SMILES string of the molecule is CCCNc1ncc(Br)c(NCCc2noc(C)n2)n1. The predicted octanol–water partition coefficient (Wildman–Crippen LogP) is 2.41. The lowest BCUT2D eigenvalue weighted by molar-refractivity contribution is 0.387. The number of nitrogens with zero attached hydrogens (tertiary/aromatic N) is 4. The van der Waals surface area contributed by atoms with Crippen LogP contribution in [-0.4, -0.2) is 33.2 Å². The molecule has 2 heterocycles. The van der Waals surface area contributed by atoms with E-state index in [-0.39, 0.29) is 0 Å². The summed E-state index contributed by atoms with van der Waals surface area (Å²) < 4.78 is 5.74. The molecule has 0 bridgehead atoms. The molecule has 0 aliphatic heterocycles. The van der Waals surface area contributed by atoms with Crippen molar-refractivity contribution in [2.24, 2.45) is 0 Å². The zero-order chi connectivity index (χ0) is 14.4. The van der Waals surface area contributed by atoms with Crippen molar-refractivity contribution in [1.29, 1.82) is 0 Å². The van der Waals surface area contributed by atoms with Gasteiger partial charge in [0.05, 0.1) is 4.47 Å². The van der Waals surface area contributed by atoms with Crippen LogP contribution in [0.3, 0.4) is 0 Å². The van der Waals surface area contributed by atoms with Crippen molar-refractivity contribution in [3.8, 4) is 0 Å². The first-order chi connectivity index (χ1) is 9.69. The molecule has 0 radical (unpaired) electrons. The number of hydrogen-bond acceptors (Lipinski definition) is 7. The van der Waals surface area contributed by atoms with Crippen molar-refractivity contribution in [2.45, 2.75) is 26.7 Å². The van der Waals surface area contributed by atoms with Crippen molar-refractivity contribution in [2.75, 3.05) is 23.7 Å². The summed E-state index contributed by atoms with van der Waals surface area (Å²) in [4.78, 5) is 12.7. The quantitative estimate of drug-likeness (QED) is 0.799. The van der Waals surface area contributed by atoms with Gasteiger partial charge in [-0.2, -0.15) is 9.97 Å². The van der Waals surface area contributed by atoms with E-state index in [4.69, 9.17) is 4.52 Å². The molecule has 0 saturated carbocycles. The summed E-state index contributed by atoms with van der Waals surface area (Å²) in [5.74, 6) is 2.63. The highest BCUT2D eigenvalue weighted by Crippen LogP contribution is 2.19. The number of aryl methyl sites for hydroxylation is 1. The number of halogens is 1. The molecule has 2 aromatic rings. The zero-order valence-electron chi connectivity index (χ0n) is 11.5. The Kier molecular flexibility index (Phi) is 5.28. The van der Waals surface area contributed by atoms with Crippen LogP contribution in [0.15, 0.2) is 15.2 Å². The Hall–Kier alpha value is -1.70. The first-order valence-corrected chi connectivity index (χ1v) is 7.27. The smallest absolute Gasteiger partial charge is 0.224 e. The van der Waals surface area contributed by atoms with Gasteiger partial charge in [0.15, 0.2) is 5.82 Å². The van der Waals surface area contributed by atoms with Crippen LogP contribution >= 0.6 is 15.9 Å². The third-order valence-electron chi connectivity index (χ3n) is 2.49. The van der Waals surface area contributed by atoms with Gasteiger partial charge in [-0.25, -0.2) is 4.98 Å². The van der Waals surface area contributed by atoms with Crippen molar-refractivity contribution in [3.05, 3.63) is 22.4 Å². The van der Waals surface area contributed by atoms with Gasteiger partial charge in [0.25, 0.3) is 0 Å². The molecule has 0 atom stereocenters. The fraction of sp³-hybridized carbons (Fsp3) is 0.500. The molecule has 8 heteroatoms. The van der Waals surface area contributed by atoms with Crippen LogP contribution in [0.25, 0.3) is 0 Å². The molecule has 2 N–H and O–H groups in total. The summed E-state index contributed by atoms with van der Waals surface area (Å²) in [6.45, 7) is 5.39. The van der Waals surface area contributed by atoms with Gasteiger partial charge >= 0.3 is 0 Å². The molecule has 2 rings (SSSR count). The van der Waals surface area contributed by atoms with Gasteiger partial charge < -0.3 is 15.2 Å². The van der Waals surface area contributed by atoms with E-state index in [0.717, 1.165) is 23.3 Å². The van der Waals surface area contributed by atoms with E-state index >= 15 is 0 Å². The maximum Gasteiger partial charge on any atom is 0.224 e. The molecule has 20 heavy (non-hydrogen) atoms. The Labute approximate surface area is 125 Å². The minimum absolute atomic E-state index is 0.578. The summed E-state index contributed by atoms with van der Waals surface area (Å²) in [6.07, 6.45) is 3.43. The van der Waals surface area contributed by atoms with Crippen molar-refractivity contribution in [3.63, 3.8) is 0 Å². The van der Waals surface area contributed by atoms with E-state index in [1.54, 1.807) is 13.1 Å². The standard InChI is InChI=1S/C12H17BrN6O/c1-3-5-15-12-16-7-9(13)11(18-12)14-6-4-10-17-8(2)20-19-10/h7H,3-6H2,1-2H3,(H2,14,15,16,18). The van der Waals surface area contributed by atoms with Gasteiger partial charge in [-0.3, -0.25) is 0 Å². The number of aromatic nitrogens is 4. The third-order valence-corrected chi connectivity index (χ3v) is 3.07. The molecule has 0 aliphatic rings. The Morgan fingerprint density at radius 1 is 1.25 bits per heavy atom. The molecule has 108 valence electrons. The third kappa shape index (κ3) is 4.16. The minimum atomic E-state index is 0.578. The molecule has 2 aromatic heterocycles. The van der Waals surface area contributed by atoms with E-state index < -0.39 is 0 Å². The van der Waals surface area contributed by atoms with Crippen molar-refractivity contribution in [1.82, 2.24) is 20.1 Å². The molecular weight excluding hydrogens is 324 g/mol. The fourth-order valence-electron chi connectivity index (χ4n) is 1.55. The van der Waals surface area contributed by atoms with Gasteiger partial charge in [-0.1, -0.05) is 12.1 Å². The van der Waals surface area contributed by atoms with E-state index in [0.29, 0.717) is 30.6 Å². The second kappa shape index (κ2) is 7.18. The van der Waals surface area contributed by atoms with Gasteiger partial charge in [0, 0.05) is 32.6 Å². The lowest BCUT2D eigenvalue weighted by Gasteiger charge is -2.08. The normalized spacial score (nSPS) is 10.6. The number of rotatable bonds is 7. The molecule has 0 spiro atoms. The first kappa shape index (κ1) is 14.7. The molecule has 0 aliphatic carbocycles. The van der Waals surface area contributed by atoms with Crippen LogP contribution in [0.2, 0.25) is 0 Å². The summed E-state index contributed by atoms with van der Waals surface area (Å²) in [6, 6.07) is 0. The van der Waals surface area contributed by atoms with Crippen LogP contribution in [-0.2, 0) is 6.42 Å². The molecule has 0 aromatic carbocycles. The van der Waals surface area contributed by atoms with Gasteiger partial charge in [-0.15, -0.1) is 0 Å². The highest BCUT2D eigenvalue weighted by atomic mass is 79.9. The Bertz CT molecular complexity index is 559. The largest absolute Gasteiger partial charge is 0.369 e. The topological polar surface area (TPSA) is 88.8 Å². The van der Waals surface area contributed by atoms with E-state index in [9.17, 15) is 0 Å². The van der Waals surface area contributed by atoms with Crippen LogP contribution in [0.4, 0.5) is 11.8 Å². The second-order valence-corrected chi connectivity index (χ2v) is 5.08. The van der Waals surface area contributed by atoms with Crippen LogP contribution in [0.5, 0.6) is 0 Å². The predicted molar refractivity (Wildman–Crippen MR) is 79.7 cm³/mol. The highest BCUT2D eigenvalue weighted by Gasteiger charge is 2.06. The average Bonchev–Trinajstić information content (AvgIpc) is 2.85. The zero-order valence-corrected chi connectivity index (χ0v) is 13.1. The summed E-state index contributed by atoms with van der Waals surface area (Å²) in [5, 5.41) is 10.2. The van der Waals surface area contributed by atoms with E-state index in [1.165, 1.54) is 0 Å². The lowest BCUT2D eigenvalue weighted by Crippen LogP contribution is -2.10. The number of hydrogen-bond donors (Lipinski definition) is 2. The number of nitrogens with one attached hydrogen (secondary N) is 2. The summed E-state index contributed by atoms with van der Waals surface area (Å²) >= 11 is 3.42. The summed E-state index contributed by atoms with van der Waals surface area (Å²) in [5.41, 5.74) is 0. The molecular formula is C12H17BrN6O. The van der Waals surface area contributed by atoms with Gasteiger partial charge in [-0.05, 0) is 22.4 Å². The van der Waals surface area contributed by atoms with Crippen LogP contribution in [0, 0.1) is 6.92 Å². The maximum absolute atomic E-state index is 4.92. The highest BCUT2D eigenvalue weighted by molar-refractivity contribution is 9.10. The first-order valence-electron chi connectivity index (χ1n) is 6.48. The number of anilines is 2. The second-order valence-electron chi connectivity index (χ2n) is 4.22. The van der Waals surface area contributed by atoms with Crippen LogP contribution in [0.1, 0.15) is 25.1 Å². The fourth-order valence-corrected chi connectivity index (χ4v) is 1.88. The average molecular weight is 341 g/mol. The van der Waals surface area contributed by atoms with E-state index in [2.05, 4.69) is 53.6 Å². The molecule has 0 fully saturated rings. The van der Waals surface area contributed by atoms with E-state index in [1.807, 2.05) is 0 Å². The monoisotopic (exact) mass is 340 g/mol. The maximum atomic E-state index is 4.92. The van der Waals surface area contributed by atoms with Crippen molar-refractivity contribution >= 4 is 27.7 Å². The van der Waals surface area contributed by atoms with Crippen LogP contribution < -0.4 is 10.6 Å². The molecule has 7 nitrogen and oxygen atoms in total. The Morgan fingerprint density at radius 2 is 2.10 bits per heavy atom. The minimum Gasteiger partial charge on any atom is -0.369 e. The Balaban J connectivity index is 1.90. The Morgan fingerprint density at radius 3 is 2.80 bits per heavy atom. The summed E-state index contributed by atoms with van der Waals surface area (Å²) in [7, 11) is 0.